The second kappa shape index (κ2) is 3.66. The minimum absolute atomic E-state index is 0.146. The minimum atomic E-state index is 0.146. The van der Waals surface area contributed by atoms with Crippen LogP contribution in [0, 0.1) is 0 Å². The molecule has 58 valence electrons. The molecule has 0 aromatic heterocycles. The van der Waals surface area contributed by atoms with Crippen LogP contribution in [0.25, 0.3) is 5.76 Å². The van der Waals surface area contributed by atoms with Crippen molar-refractivity contribution in [1.82, 2.24) is 0 Å². The van der Waals surface area contributed by atoms with Gasteiger partial charge in [0.05, 0.1) is 7.11 Å². The van der Waals surface area contributed by atoms with Crippen LogP contribution in [0.3, 0.4) is 0 Å². The molecule has 0 atom stereocenters. The molecule has 0 aliphatic carbocycles. The molecule has 2 heteroatoms. The van der Waals surface area contributed by atoms with E-state index in [1.807, 2.05) is 30.3 Å². The van der Waals surface area contributed by atoms with E-state index in [0.717, 1.165) is 5.56 Å². The standard InChI is InChI=1S/C9H10O2/c1-11-7-9(10)8-5-3-2-4-6-8/h2-7,10H,1H3. The number of hydrogen-bond donors (Lipinski definition) is 1. The van der Waals surface area contributed by atoms with Gasteiger partial charge < -0.3 is 9.84 Å². The molecular formula is C9H10O2. The number of methoxy groups -OCH3 is 1. The zero-order chi connectivity index (χ0) is 8.10. The fraction of sp³-hybridized carbons (Fsp3) is 0.111. The summed E-state index contributed by atoms with van der Waals surface area (Å²) in [5.41, 5.74) is 0.759. The van der Waals surface area contributed by atoms with Crippen molar-refractivity contribution in [1.29, 1.82) is 0 Å². The summed E-state index contributed by atoms with van der Waals surface area (Å²) in [5.74, 6) is 0.146. The fourth-order valence-corrected chi connectivity index (χ4v) is 0.789. The number of rotatable bonds is 2. The van der Waals surface area contributed by atoms with Crippen molar-refractivity contribution in [3.8, 4) is 0 Å². The summed E-state index contributed by atoms with van der Waals surface area (Å²) >= 11 is 0. The molecule has 0 unspecified atom stereocenters. The van der Waals surface area contributed by atoms with E-state index in [9.17, 15) is 5.11 Å². The SMILES string of the molecule is COC=C(O)c1ccccc1. The number of aliphatic hydroxyl groups is 1. The van der Waals surface area contributed by atoms with E-state index in [4.69, 9.17) is 0 Å². The lowest BCUT2D eigenvalue weighted by molar-refractivity contribution is 0.326. The third-order valence-corrected chi connectivity index (χ3v) is 1.30. The summed E-state index contributed by atoms with van der Waals surface area (Å²) in [6, 6.07) is 9.23. The third-order valence-electron chi connectivity index (χ3n) is 1.30. The number of benzene rings is 1. The molecule has 0 aliphatic heterocycles. The maximum absolute atomic E-state index is 9.26. The highest BCUT2D eigenvalue weighted by atomic mass is 16.5. The van der Waals surface area contributed by atoms with E-state index in [2.05, 4.69) is 4.74 Å². The van der Waals surface area contributed by atoms with Gasteiger partial charge in [0.25, 0.3) is 0 Å². The Bertz CT molecular complexity index is 239. The normalized spacial score (nSPS) is 11.2. The zero-order valence-electron chi connectivity index (χ0n) is 6.32. The Morgan fingerprint density at radius 3 is 2.55 bits per heavy atom. The van der Waals surface area contributed by atoms with Crippen LogP contribution in [0.4, 0.5) is 0 Å². The van der Waals surface area contributed by atoms with E-state index >= 15 is 0 Å². The van der Waals surface area contributed by atoms with Gasteiger partial charge >= 0.3 is 0 Å². The number of aliphatic hydroxyl groups excluding tert-OH is 1. The van der Waals surface area contributed by atoms with Crippen molar-refractivity contribution in [2.75, 3.05) is 7.11 Å². The van der Waals surface area contributed by atoms with Crippen LogP contribution < -0.4 is 0 Å². The van der Waals surface area contributed by atoms with E-state index in [-0.39, 0.29) is 5.76 Å². The van der Waals surface area contributed by atoms with Crippen molar-refractivity contribution in [2.24, 2.45) is 0 Å². The van der Waals surface area contributed by atoms with Gasteiger partial charge in [-0.05, 0) is 0 Å². The molecule has 1 rings (SSSR count). The van der Waals surface area contributed by atoms with Gasteiger partial charge in [-0.1, -0.05) is 30.3 Å². The van der Waals surface area contributed by atoms with Gasteiger partial charge in [-0.25, -0.2) is 0 Å². The summed E-state index contributed by atoms with van der Waals surface area (Å²) < 4.78 is 4.65. The Labute approximate surface area is 65.7 Å². The Balaban J connectivity index is 2.85. The highest BCUT2D eigenvalue weighted by Crippen LogP contribution is 2.09. The van der Waals surface area contributed by atoms with Crippen LogP contribution in [-0.4, -0.2) is 12.2 Å². The van der Waals surface area contributed by atoms with Crippen molar-refractivity contribution < 1.29 is 9.84 Å². The lowest BCUT2D eigenvalue weighted by Crippen LogP contribution is -1.81. The van der Waals surface area contributed by atoms with Crippen molar-refractivity contribution in [2.45, 2.75) is 0 Å². The minimum Gasteiger partial charge on any atom is -0.504 e. The monoisotopic (exact) mass is 150 g/mol. The molecule has 11 heavy (non-hydrogen) atoms. The highest BCUT2D eigenvalue weighted by molar-refractivity contribution is 5.56. The Morgan fingerprint density at radius 2 is 2.00 bits per heavy atom. The first kappa shape index (κ1) is 7.66. The second-order valence-corrected chi connectivity index (χ2v) is 2.10. The maximum Gasteiger partial charge on any atom is 0.157 e. The molecule has 0 saturated heterocycles. The van der Waals surface area contributed by atoms with Gasteiger partial charge in [-0.15, -0.1) is 0 Å². The van der Waals surface area contributed by atoms with Gasteiger partial charge in [0.15, 0.2) is 5.76 Å². The number of hydrogen-bond acceptors (Lipinski definition) is 2. The average molecular weight is 150 g/mol. The molecule has 0 amide bonds. The summed E-state index contributed by atoms with van der Waals surface area (Å²) in [6.07, 6.45) is 1.30. The van der Waals surface area contributed by atoms with Gasteiger partial charge in [-0.3, -0.25) is 0 Å². The molecule has 1 aromatic rings. The van der Waals surface area contributed by atoms with Gasteiger partial charge in [0.2, 0.25) is 0 Å². The molecule has 0 aliphatic rings. The molecule has 1 aromatic carbocycles. The predicted octanol–water partition coefficient (Wildman–Crippen LogP) is 2.19. The predicted molar refractivity (Wildman–Crippen MR) is 44.1 cm³/mol. The van der Waals surface area contributed by atoms with E-state index in [0.29, 0.717) is 0 Å². The van der Waals surface area contributed by atoms with E-state index < -0.39 is 0 Å². The van der Waals surface area contributed by atoms with Crippen molar-refractivity contribution in [3.05, 3.63) is 42.2 Å². The van der Waals surface area contributed by atoms with Gasteiger partial charge in [0.1, 0.15) is 6.26 Å². The summed E-state index contributed by atoms with van der Waals surface area (Å²) in [5, 5.41) is 9.26. The first-order chi connectivity index (χ1) is 5.34. The third kappa shape index (κ3) is 2.00. The molecular weight excluding hydrogens is 140 g/mol. The number of ether oxygens (including phenoxy) is 1. The van der Waals surface area contributed by atoms with Crippen LogP contribution in [0.15, 0.2) is 36.6 Å². The van der Waals surface area contributed by atoms with Gasteiger partial charge in [-0.2, -0.15) is 0 Å². The van der Waals surface area contributed by atoms with Crippen LogP contribution in [-0.2, 0) is 4.74 Å². The molecule has 0 radical (unpaired) electrons. The van der Waals surface area contributed by atoms with E-state index in [1.165, 1.54) is 13.4 Å². The van der Waals surface area contributed by atoms with Crippen LogP contribution in [0.2, 0.25) is 0 Å². The molecule has 1 N–H and O–H groups in total. The Hall–Kier alpha value is -1.44. The average Bonchev–Trinajstić information content (AvgIpc) is 2.07. The quantitative estimate of drug-likeness (QED) is 0.655. The van der Waals surface area contributed by atoms with Gasteiger partial charge in [0, 0.05) is 5.56 Å². The smallest absolute Gasteiger partial charge is 0.157 e. The summed E-state index contributed by atoms with van der Waals surface area (Å²) in [7, 11) is 1.50. The van der Waals surface area contributed by atoms with Crippen LogP contribution >= 0.6 is 0 Å². The molecule has 2 nitrogen and oxygen atoms in total. The summed E-state index contributed by atoms with van der Waals surface area (Å²) in [6.45, 7) is 0. The molecule has 0 bridgehead atoms. The topological polar surface area (TPSA) is 29.5 Å². The molecule has 0 fully saturated rings. The van der Waals surface area contributed by atoms with Crippen LogP contribution in [0.5, 0.6) is 0 Å². The lowest BCUT2D eigenvalue weighted by Gasteiger charge is -1.97. The van der Waals surface area contributed by atoms with Crippen molar-refractivity contribution in [3.63, 3.8) is 0 Å². The zero-order valence-corrected chi connectivity index (χ0v) is 6.32. The molecule has 0 saturated carbocycles. The first-order valence-corrected chi connectivity index (χ1v) is 3.32. The van der Waals surface area contributed by atoms with Crippen molar-refractivity contribution >= 4 is 5.76 Å². The molecule has 0 heterocycles. The lowest BCUT2D eigenvalue weighted by atomic mass is 10.2. The Morgan fingerprint density at radius 1 is 1.36 bits per heavy atom. The van der Waals surface area contributed by atoms with E-state index in [1.54, 1.807) is 0 Å². The highest BCUT2D eigenvalue weighted by Gasteiger charge is 1.94. The maximum atomic E-state index is 9.26. The Kier molecular flexibility index (Phi) is 2.55. The van der Waals surface area contributed by atoms with Crippen LogP contribution in [0.1, 0.15) is 5.56 Å². The first-order valence-electron chi connectivity index (χ1n) is 3.32. The fourth-order valence-electron chi connectivity index (χ4n) is 0.789. The summed E-state index contributed by atoms with van der Waals surface area (Å²) in [4.78, 5) is 0. The largest absolute Gasteiger partial charge is 0.504 e. The second-order valence-electron chi connectivity index (χ2n) is 2.10. The molecule has 0 spiro atoms.